The average molecular weight is 276 g/mol. The number of aromatic nitrogens is 2. The van der Waals surface area contributed by atoms with Crippen molar-refractivity contribution in [2.45, 2.75) is 6.54 Å². The Balaban J connectivity index is 2.26. The van der Waals surface area contributed by atoms with Crippen LogP contribution in [0.25, 0.3) is 11.4 Å². The highest BCUT2D eigenvalue weighted by Gasteiger charge is 2.06. The molecular weight excluding hydrogens is 260 g/mol. The smallest absolute Gasteiger partial charge is 0.212 e. The minimum absolute atomic E-state index is 0.00946. The summed E-state index contributed by atoms with van der Waals surface area (Å²) in [6.45, 7) is 0.790. The SMILES string of the molecule is CN(C)Cc1cccc(-c2csc(N=C(N)N)n2)n1. The molecule has 100 valence electrons. The molecule has 0 aromatic carbocycles. The van der Waals surface area contributed by atoms with Gasteiger partial charge >= 0.3 is 0 Å². The second kappa shape index (κ2) is 5.77. The van der Waals surface area contributed by atoms with Gasteiger partial charge in [0.15, 0.2) is 5.96 Å². The third kappa shape index (κ3) is 3.73. The maximum Gasteiger partial charge on any atom is 0.212 e. The molecule has 0 atom stereocenters. The highest BCUT2D eigenvalue weighted by Crippen LogP contribution is 2.25. The number of aliphatic imine (C=N–C) groups is 1. The largest absolute Gasteiger partial charge is 0.370 e. The summed E-state index contributed by atoms with van der Waals surface area (Å²) in [5.41, 5.74) is 13.3. The van der Waals surface area contributed by atoms with Crippen LogP contribution in [0.5, 0.6) is 0 Å². The summed E-state index contributed by atoms with van der Waals surface area (Å²) in [4.78, 5) is 14.9. The van der Waals surface area contributed by atoms with Gasteiger partial charge in [0, 0.05) is 11.9 Å². The van der Waals surface area contributed by atoms with Crippen LogP contribution in [-0.2, 0) is 6.54 Å². The zero-order valence-electron chi connectivity index (χ0n) is 10.9. The Morgan fingerprint density at radius 1 is 1.26 bits per heavy atom. The molecule has 0 aliphatic heterocycles. The lowest BCUT2D eigenvalue weighted by Gasteiger charge is -2.09. The molecular formula is C12H16N6S. The van der Waals surface area contributed by atoms with Gasteiger partial charge in [-0.05, 0) is 26.2 Å². The van der Waals surface area contributed by atoms with Crippen LogP contribution in [0, 0.1) is 0 Å². The van der Waals surface area contributed by atoms with Crippen molar-refractivity contribution in [2.75, 3.05) is 14.1 Å². The second-order valence-corrected chi connectivity index (χ2v) is 5.14. The number of hydrogen-bond donors (Lipinski definition) is 2. The highest BCUT2D eigenvalue weighted by molar-refractivity contribution is 7.13. The molecule has 0 saturated carbocycles. The first-order chi connectivity index (χ1) is 9.04. The third-order valence-electron chi connectivity index (χ3n) is 2.26. The van der Waals surface area contributed by atoms with E-state index in [4.69, 9.17) is 11.5 Å². The summed E-state index contributed by atoms with van der Waals surface area (Å²) in [6, 6.07) is 5.89. The summed E-state index contributed by atoms with van der Waals surface area (Å²) in [5.74, 6) is 0.00946. The van der Waals surface area contributed by atoms with Gasteiger partial charge in [-0.3, -0.25) is 0 Å². The summed E-state index contributed by atoms with van der Waals surface area (Å²) in [5, 5.41) is 2.43. The van der Waals surface area contributed by atoms with E-state index in [0.717, 1.165) is 23.6 Å². The number of hydrogen-bond acceptors (Lipinski definition) is 5. The summed E-state index contributed by atoms with van der Waals surface area (Å²) >= 11 is 1.38. The van der Waals surface area contributed by atoms with Crippen molar-refractivity contribution in [3.8, 4) is 11.4 Å². The minimum atomic E-state index is 0.00946. The molecule has 0 spiro atoms. The fourth-order valence-corrected chi connectivity index (χ4v) is 2.28. The third-order valence-corrected chi connectivity index (χ3v) is 3.00. The summed E-state index contributed by atoms with van der Waals surface area (Å²) < 4.78 is 0. The Hall–Kier alpha value is -1.99. The normalized spacial score (nSPS) is 10.7. The molecule has 0 aliphatic carbocycles. The van der Waals surface area contributed by atoms with Crippen LogP contribution in [0.4, 0.5) is 5.13 Å². The molecule has 2 aromatic rings. The number of nitrogens with two attached hydrogens (primary N) is 2. The lowest BCUT2D eigenvalue weighted by molar-refractivity contribution is 0.397. The van der Waals surface area contributed by atoms with Crippen molar-refractivity contribution in [3.05, 3.63) is 29.3 Å². The molecule has 0 amide bonds. The van der Waals surface area contributed by atoms with E-state index in [-0.39, 0.29) is 5.96 Å². The molecule has 0 bridgehead atoms. The van der Waals surface area contributed by atoms with E-state index in [1.807, 2.05) is 37.7 Å². The minimum Gasteiger partial charge on any atom is -0.370 e. The lowest BCUT2D eigenvalue weighted by Crippen LogP contribution is -2.21. The molecule has 2 aromatic heterocycles. The van der Waals surface area contributed by atoms with Gasteiger partial charge in [-0.15, -0.1) is 11.3 Å². The molecule has 0 aliphatic rings. The first-order valence-corrected chi connectivity index (χ1v) is 6.59. The van der Waals surface area contributed by atoms with Gasteiger partial charge in [-0.25, -0.2) is 9.97 Å². The van der Waals surface area contributed by atoms with Crippen LogP contribution in [-0.4, -0.2) is 34.9 Å². The summed E-state index contributed by atoms with van der Waals surface area (Å²) in [6.07, 6.45) is 0. The zero-order valence-corrected chi connectivity index (χ0v) is 11.7. The van der Waals surface area contributed by atoms with E-state index in [1.54, 1.807) is 0 Å². The Kier molecular flexibility index (Phi) is 4.08. The molecule has 0 fully saturated rings. The van der Waals surface area contributed by atoms with Crippen LogP contribution in [0.2, 0.25) is 0 Å². The van der Waals surface area contributed by atoms with Gasteiger partial charge in [-0.1, -0.05) is 6.07 Å². The monoisotopic (exact) mass is 276 g/mol. The average Bonchev–Trinajstić information content (AvgIpc) is 2.76. The number of nitrogens with zero attached hydrogens (tertiary/aromatic N) is 4. The molecule has 0 unspecified atom stereocenters. The number of thiazole rings is 1. The van der Waals surface area contributed by atoms with Crippen molar-refractivity contribution in [1.29, 1.82) is 0 Å². The number of pyridine rings is 1. The Morgan fingerprint density at radius 3 is 2.74 bits per heavy atom. The molecule has 6 nitrogen and oxygen atoms in total. The van der Waals surface area contributed by atoms with Gasteiger partial charge in [-0.2, -0.15) is 4.99 Å². The first-order valence-electron chi connectivity index (χ1n) is 5.71. The van der Waals surface area contributed by atoms with E-state index in [0.29, 0.717) is 5.13 Å². The molecule has 0 radical (unpaired) electrons. The van der Waals surface area contributed by atoms with E-state index in [9.17, 15) is 0 Å². The van der Waals surface area contributed by atoms with Crippen molar-refractivity contribution < 1.29 is 0 Å². The fourth-order valence-electron chi connectivity index (χ4n) is 1.58. The van der Waals surface area contributed by atoms with E-state index >= 15 is 0 Å². The molecule has 7 heteroatoms. The molecule has 4 N–H and O–H groups in total. The Bertz CT molecular complexity index is 585. The quantitative estimate of drug-likeness (QED) is 0.646. The topological polar surface area (TPSA) is 93.4 Å². The van der Waals surface area contributed by atoms with Crippen molar-refractivity contribution in [2.24, 2.45) is 16.5 Å². The molecule has 0 saturated heterocycles. The van der Waals surface area contributed by atoms with Gasteiger partial charge < -0.3 is 16.4 Å². The predicted octanol–water partition coefficient (Wildman–Crippen LogP) is 1.17. The molecule has 2 rings (SSSR count). The number of guanidine groups is 1. The van der Waals surface area contributed by atoms with Crippen LogP contribution in [0.3, 0.4) is 0 Å². The first kappa shape index (κ1) is 13.4. The van der Waals surface area contributed by atoms with E-state index in [1.165, 1.54) is 11.3 Å². The Morgan fingerprint density at radius 2 is 2.05 bits per heavy atom. The van der Waals surface area contributed by atoms with Gasteiger partial charge in [0.2, 0.25) is 5.13 Å². The number of rotatable bonds is 4. The van der Waals surface area contributed by atoms with Gasteiger partial charge in [0.1, 0.15) is 5.69 Å². The van der Waals surface area contributed by atoms with Crippen LogP contribution in [0.15, 0.2) is 28.6 Å². The van der Waals surface area contributed by atoms with E-state index < -0.39 is 0 Å². The zero-order chi connectivity index (χ0) is 13.8. The molecule has 2 heterocycles. The van der Waals surface area contributed by atoms with Crippen LogP contribution in [0.1, 0.15) is 5.69 Å². The Labute approximate surface area is 115 Å². The van der Waals surface area contributed by atoms with Crippen LogP contribution >= 0.6 is 11.3 Å². The molecule has 19 heavy (non-hydrogen) atoms. The van der Waals surface area contributed by atoms with E-state index in [2.05, 4.69) is 19.9 Å². The van der Waals surface area contributed by atoms with Crippen LogP contribution < -0.4 is 11.5 Å². The van der Waals surface area contributed by atoms with Gasteiger partial charge in [0.25, 0.3) is 0 Å². The maximum atomic E-state index is 5.32. The second-order valence-electron chi connectivity index (χ2n) is 4.30. The fraction of sp³-hybridized carbons (Fsp3) is 0.250. The summed E-state index contributed by atoms with van der Waals surface area (Å²) in [7, 11) is 4.02. The lowest BCUT2D eigenvalue weighted by atomic mass is 10.2. The van der Waals surface area contributed by atoms with Crippen molar-refractivity contribution in [1.82, 2.24) is 14.9 Å². The maximum absolute atomic E-state index is 5.32. The highest BCUT2D eigenvalue weighted by atomic mass is 32.1. The standard InChI is InChI=1S/C12H16N6S/c1-18(2)6-8-4-3-5-9(15-8)10-7-19-12(16-10)17-11(13)14/h3-5,7H,6H2,1-2H3,(H4,13,14,16,17). The van der Waals surface area contributed by atoms with Gasteiger partial charge in [0.05, 0.1) is 11.4 Å². The van der Waals surface area contributed by atoms with Crippen molar-refractivity contribution in [3.63, 3.8) is 0 Å². The predicted molar refractivity (Wildman–Crippen MR) is 78.2 cm³/mol. The van der Waals surface area contributed by atoms with Crippen molar-refractivity contribution >= 4 is 22.4 Å².